The van der Waals surface area contributed by atoms with Gasteiger partial charge in [-0.1, -0.05) is 23.2 Å². The number of fused-ring (bicyclic) bond motifs is 2. The molecule has 4 heterocycles. The Kier molecular flexibility index (Phi) is 13.7. The van der Waals surface area contributed by atoms with Gasteiger partial charge >= 0.3 is 0 Å². The number of aromatic nitrogens is 2. The Labute approximate surface area is 335 Å². The summed E-state index contributed by atoms with van der Waals surface area (Å²) in [5.74, 6) is 0.458. The summed E-state index contributed by atoms with van der Waals surface area (Å²) in [5.41, 5.74) is 6.69. The van der Waals surface area contributed by atoms with Crippen LogP contribution in [0.3, 0.4) is 0 Å². The molecule has 4 aromatic rings. The third-order valence-electron chi connectivity index (χ3n) is 11.8. The molecule has 2 fully saturated rings. The molecular weight excluding hydrogens is 734 g/mol. The first-order chi connectivity index (χ1) is 26.8. The second kappa shape index (κ2) is 19.0. The average Bonchev–Trinajstić information content (AvgIpc) is 3.83. The number of carbonyl (C=O) groups excluding carboxylic acids is 2. The van der Waals surface area contributed by atoms with Gasteiger partial charge < -0.3 is 18.9 Å². The fourth-order valence-electron chi connectivity index (χ4n) is 8.62. The Bertz CT molecular complexity index is 1890. The summed E-state index contributed by atoms with van der Waals surface area (Å²) in [7, 11) is 0. The van der Waals surface area contributed by atoms with E-state index in [9.17, 15) is 14.0 Å². The summed E-state index contributed by atoms with van der Waals surface area (Å²) < 4.78 is 17.6. The van der Waals surface area contributed by atoms with Crippen molar-refractivity contribution in [1.82, 2.24) is 18.9 Å². The van der Waals surface area contributed by atoms with Gasteiger partial charge in [-0.15, -0.1) is 0 Å². The van der Waals surface area contributed by atoms with E-state index >= 15 is 0 Å². The third-order valence-corrected chi connectivity index (χ3v) is 12.6. The van der Waals surface area contributed by atoms with Crippen LogP contribution in [0.1, 0.15) is 83.5 Å². The minimum atomic E-state index is -0.175. The molecule has 8 nitrogen and oxygen atoms in total. The van der Waals surface area contributed by atoms with Crippen LogP contribution in [0.15, 0.2) is 67.0 Å². The summed E-state index contributed by atoms with van der Waals surface area (Å²) >= 11 is 12.2. The normalized spacial score (nSPS) is 17.9. The lowest BCUT2D eigenvalue weighted by atomic mass is 9.97. The van der Waals surface area contributed by atoms with E-state index in [2.05, 4.69) is 41.1 Å². The van der Waals surface area contributed by atoms with Crippen LogP contribution in [-0.2, 0) is 25.9 Å². The number of rotatable bonds is 12. The Morgan fingerprint density at radius 1 is 0.509 bits per heavy atom. The van der Waals surface area contributed by atoms with E-state index < -0.39 is 0 Å². The molecule has 294 valence electrons. The lowest BCUT2D eigenvalue weighted by Gasteiger charge is -2.36. The predicted octanol–water partition coefficient (Wildman–Crippen LogP) is 8.66. The van der Waals surface area contributed by atoms with E-state index in [1.54, 1.807) is 0 Å². The van der Waals surface area contributed by atoms with Crippen LogP contribution in [0.2, 0.25) is 10.0 Å². The zero-order valence-electron chi connectivity index (χ0n) is 32.0. The number of hydrogen-bond acceptors (Lipinski definition) is 6. The van der Waals surface area contributed by atoms with Gasteiger partial charge in [-0.25, -0.2) is 4.39 Å². The van der Waals surface area contributed by atoms with E-state index in [1.807, 2.05) is 42.5 Å². The van der Waals surface area contributed by atoms with Crippen molar-refractivity contribution in [2.45, 2.75) is 77.3 Å². The van der Waals surface area contributed by atoms with Gasteiger partial charge in [-0.2, -0.15) is 0 Å². The Morgan fingerprint density at radius 2 is 0.964 bits per heavy atom. The van der Waals surface area contributed by atoms with Crippen molar-refractivity contribution in [3.63, 3.8) is 0 Å². The molecule has 2 aromatic heterocycles. The molecule has 0 amide bonds. The highest BCUT2D eigenvalue weighted by molar-refractivity contribution is 6.42. The van der Waals surface area contributed by atoms with Gasteiger partial charge in [0.15, 0.2) is 11.6 Å². The van der Waals surface area contributed by atoms with Crippen molar-refractivity contribution in [2.24, 2.45) is 0 Å². The smallest absolute Gasteiger partial charge is 0.164 e. The van der Waals surface area contributed by atoms with Crippen molar-refractivity contribution in [3.8, 4) is 0 Å². The number of aryl methyl sites for hydroxylation is 2. The van der Waals surface area contributed by atoms with Crippen molar-refractivity contribution < 1.29 is 14.0 Å². The van der Waals surface area contributed by atoms with Gasteiger partial charge in [-0.05, 0) is 119 Å². The first-order valence-corrected chi connectivity index (χ1v) is 21.2. The Hall–Kier alpha value is -3.63. The first kappa shape index (κ1) is 39.6. The molecule has 2 aliphatic carbocycles. The second-order valence-electron chi connectivity index (χ2n) is 15.4. The number of nitrogens with zero attached hydrogens (tertiary/aromatic N) is 6. The van der Waals surface area contributed by atoms with Crippen molar-refractivity contribution >= 4 is 46.1 Å². The monoisotopic (exact) mass is 788 g/mol. The van der Waals surface area contributed by atoms with Crippen LogP contribution in [0.25, 0.3) is 0 Å². The highest BCUT2D eigenvalue weighted by Gasteiger charge is 2.23. The van der Waals surface area contributed by atoms with Gasteiger partial charge in [0.05, 0.1) is 10.0 Å². The lowest BCUT2D eigenvalue weighted by Crippen LogP contribution is -2.46. The second-order valence-corrected chi connectivity index (χ2v) is 16.3. The minimum absolute atomic E-state index is 0.175. The summed E-state index contributed by atoms with van der Waals surface area (Å²) in [6.07, 6.45) is 14.4. The first-order valence-electron chi connectivity index (χ1n) is 20.4. The molecular formula is C44H55Cl2FN6O2. The Balaban J connectivity index is 0.000000169. The summed E-state index contributed by atoms with van der Waals surface area (Å²) in [4.78, 5) is 33.7. The quantitative estimate of drug-likeness (QED) is 0.134. The number of unbranched alkanes of at least 4 members (excludes halogenated alkanes) is 2. The molecule has 0 atom stereocenters. The summed E-state index contributed by atoms with van der Waals surface area (Å²) in [6, 6.07) is 16.7. The lowest BCUT2D eigenvalue weighted by molar-refractivity contribution is 0.0963. The van der Waals surface area contributed by atoms with E-state index in [4.69, 9.17) is 23.2 Å². The van der Waals surface area contributed by atoms with Crippen LogP contribution >= 0.6 is 23.2 Å². The molecule has 11 heteroatoms. The van der Waals surface area contributed by atoms with Gasteiger partial charge in [0, 0.05) is 125 Å². The molecule has 2 aromatic carbocycles. The standard InChI is InChI=1S/C22H27Cl2N3O.C22H28FN3O/c23-19-7-6-17(16-20(19)24)26-14-12-25(13-15-26)9-1-2-10-27-11-8-18-21(27)4-3-5-22(18)28;23-18-6-8-19(9-7-18)25-16-14-24(15-17-25)11-1-2-12-26-13-10-20-21(26)4-3-5-22(20)27/h6-8,11,16H,1-5,9-10,12-15H2;6-10,13H,1-5,11-12,14-17H2. The number of anilines is 2. The third kappa shape index (κ3) is 10.2. The number of Topliss-reactive ketones (excluding diaryl/α,β-unsaturated/α-hetero) is 2. The molecule has 0 bridgehead atoms. The molecule has 0 spiro atoms. The molecule has 8 rings (SSSR count). The fraction of sp³-hybridized carbons (Fsp3) is 0.500. The SMILES string of the molecule is O=C1CCCc2c1ccn2CCCCN1CCN(c2ccc(Cl)c(Cl)c2)CC1.O=C1CCCc2c1ccn2CCCCN1CCN(c2ccc(F)cc2)CC1. The fourth-order valence-corrected chi connectivity index (χ4v) is 8.92. The molecule has 55 heavy (non-hydrogen) atoms. The highest BCUT2D eigenvalue weighted by Crippen LogP contribution is 2.28. The molecule has 0 N–H and O–H groups in total. The maximum Gasteiger partial charge on any atom is 0.164 e. The molecule has 4 aliphatic rings. The average molecular weight is 790 g/mol. The molecule has 0 saturated carbocycles. The van der Waals surface area contributed by atoms with Gasteiger partial charge in [0.25, 0.3) is 0 Å². The van der Waals surface area contributed by atoms with Gasteiger partial charge in [0.1, 0.15) is 5.82 Å². The molecule has 2 saturated heterocycles. The number of ketones is 2. The van der Waals surface area contributed by atoms with E-state index in [-0.39, 0.29) is 5.82 Å². The largest absolute Gasteiger partial charge is 0.369 e. The van der Waals surface area contributed by atoms with E-state index in [1.165, 1.54) is 36.4 Å². The topological polar surface area (TPSA) is 57.0 Å². The van der Waals surface area contributed by atoms with Crippen molar-refractivity contribution in [1.29, 1.82) is 0 Å². The van der Waals surface area contributed by atoms with Crippen LogP contribution in [0, 0.1) is 5.82 Å². The van der Waals surface area contributed by atoms with Crippen molar-refractivity contribution in [2.75, 3.05) is 75.2 Å². The minimum Gasteiger partial charge on any atom is -0.369 e. The number of carbonyl (C=O) groups is 2. The maximum atomic E-state index is 13.1. The van der Waals surface area contributed by atoms with Crippen LogP contribution < -0.4 is 9.80 Å². The van der Waals surface area contributed by atoms with Gasteiger partial charge in [-0.3, -0.25) is 19.4 Å². The molecule has 0 unspecified atom stereocenters. The van der Waals surface area contributed by atoms with Crippen LogP contribution in [0.4, 0.5) is 15.8 Å². The molecule has 2 aliphatic heterocycles. The Morgan fingerprint density at radius 3 is 1.45 bits per heavy atom. The van der Waals surface area contributed by atoms with Crippen LogP contribution in [-0.4, -0.2) is 95.9 Å². The van der Waals surface area contributed by atoms with E-state index in [0.29, 0.717) is 34.5 Å². The van der Waals surface area contributed by atoms with E-state index in [0.717, 1.165) is 140 Å². The van der Waals surface area contributed by atoms with Gasteiger partial charge in [0.2, 0.25) is 0 Å². The summed E-state index contributed by atoms with van der Waals surface area (Å²) in [5, 5.41) is 1.23. The maximum absolute atomic E-state index is 13.1. The molecule has 0 radical (unpaired) electrons. The predicted molar refractivity (Wildman–Crippen MR) is 222 cm³/mol. The zero-order chi connectivity index (χ0) is 38.1. The summed E-state index contributed by atoms with van der Waals surface area (Å²) in [6.45, 7) is 12.6. The highest BCUT2D eigenvalue weighted by atomic mass is 35.5. The zero-order valence-corrected chi connectivity index (χ0v) is 33.6. The van der Waals surface area contributed by atoms with Crippen LogP contribution in [0.5, 0.6) is 0 Å². The number of halogens is 3. The number of piperazine rings is 2. The number of benzene rings is 2. The van der Waals surface area contributed by atoms with Crippen molar-refractivity contribution in [3.05, 3.63) is 105 Å². The number of hydrogen-bond donors (Lipinski definition) is 0.